The molecule has 150 valence electrons. The Morgan fingerprint density at radius 2 is 2.04 bits per heavy atom. The first-order chi connectivity index (χ1) is 13.3. The van der Waals surface area contributed by atoms with Gasteiger partial charge >= 0.3 is 0 Å². The van der Waals surface area contributed by atoms with E-state index in [1.54, 1.807) is 0 Å². The lowest BCUT2D eigenvalue weighted by Gasteiger charge is -2.26. The predicted molar refractivity (Wildman–Crippen MR) is 116 cm³/mol. The van der Waals surface area contributed by atoms with E-state index in [4.69, 9.17) is 4.74 Å². The van der Waals surface area contributed by atoms with Gasteiger partial charge in [-0.05, 0) is 53.9 Å². The molecule has 0 bridgehead atoms. The third kappa shape index (κ3) is 6.36. The molecule has 1 unspecified atom stereocenters. The molecule has 0 saturated carbocycles. The Bertz CT molecular complexity index is 606. The molecule has 0 aliphatic carbocycles. The third-order valence-corrected chi connectivity index (χ3v) is 5.91. The van der Waals surface area contributed by atoms with Crippen molar-refractivity contribution in [3.63, 3.8) is 0 Å². The molecule has 1 aromatic carbocycles. The SMILES string of the molecule is CN=C(NCCCCN1CCOCC1)NC1CCN(c2ccccc2Br)C1. The minimum atomic E-state index is 0.427. The predicted octanol–water partition coefficient (Wildman–Crippen LogP) is 2.31. The van der Waals surface area contributed by atoms with E-state index in [9.17, 15) is 0 Å². The molecule has 0 spiro atoms. The number of ether oxygens (including phenoxy) is 1. The molecule has 27 heavy (non-hydrogen) atoms. The van der Waals surface area contributed by atoms with Crippen LogP contribution in [0.1, 0.15) is 19.3 Å². The van der Waals surface area contributed by atoms with Crippen molar-refractivity contribution in [2.24, 2.45) is 4.99 Å². The fraction of sp³-hybridized carbons (Fsp3) is 0.650. The summed E-state index contributed by atoms with van der Waals surface area (Å²) < 4.78 is 6.56. The normalized spacial score (nSPS) is 21.5. The summed E-state index contributed by atoms with van der Waals surface area (Å²) in [5.74, 6) is 0.917. The zero-order valence-corrected chi connectivity index (χ0v) is 17.9. The molecule has 2 N–H and O–H groups in total. The molecular weight excluding hydrogens is 406 g/mol. The Morgan fingerprint density at radius 1 is 1.22 bits per heavy atom. The lowest BCUT2D eigenvalue weighted by molar-refractivity contribution is 0.0372. The van der Waals surface area contributed by atoms with Crippen LogP contribution in [-0.4, -0.2) is 76.4 Å². The molecule has 2 aliphatic heterocycles. The number of aliphatic imine (C=N–C) groups is 1. The van der Waals surface area contributed by atoms with Crippen molar-refractivity contribution >= 4 is 27.6 Å². The molecule has 2 fully saturated rings. The van der Waals surface area contributed by atoms with E-state index in [0.29, 0.717) is 6.04 Å². The van der Waals surface area contributed by atoms with E-state index in [0.717, 1.165) is 69.2 Å². The van der Waals surface area contributed by atoms with Crippen LogP contribution in [-0.2, 0) is 4.74 Å². The zero-order valence-electron chi connectivity index (χ0n) is 16.3. The maximum Gasteiger partial charge on any atom is 0.191 e. The highest BCUT2D eigenvalue weighted by atomic mass is 79.9. The minimum absolute atomic E-state index is 0.427. The molecule has 0 amide bonds. The average molecular weight is 438 g/mol. The van der Waals surface area contributed by atoms with E-state index in [-0.39, 0.29) is 0 Å². The van der Waals surface area contributed by atoms with Gasteiger partial charge in [0.05, 0.1) is 18.9 Å². The van der Waals surface area contributed by atoms with Crippen molar-refractivity contribution < 1.29 is 4.74 Å². The molecular formula is C20H32BrN5O. The van der Waals surface area contributed by atoms with Crippen LogP contribution in [0.4, 0.5) is 5.69 Å². The molecule has 2 heterocycles. The van der Waals surface area contributed by atoms with Crippen LogP contribution in [0.3, 0.4) is 0 Å². The van der Waals surface area contributed by atoms with Crippen molar-refractivity contribution in [2.75, 3.05) is 64.4 Å². The van der Waals surface area contributed by atoms with E-state index in [1.807, 2.05) is 7.05 Å². The van der Waals surface area contributed by atoms with Gasteiger partial charge in [-0.2, -0.15) is 0 Å². The van der Waals surface area contributed by atoms with Crippen LogP contribution < -0.4 is 15.5 Å². The van der Waals surface area contributed by atoms with Gasteiger partial charge in [-0.3, -0.25) is 9.89 Å². The zero-order chi connectivity index (χ0) is 18.9. The minimum Gasteiger partial charge on any atom is -0.379 e. The highest BCUT2D eigenvalue weighted by Gasteiger charge is 2.24. The second kappa shape index (κ2) is 10.9. The van der Waals surface area contributed by atoms with Crippen molar-refractivity contribution in [2.45, 2.75) is 25.3 Å². The maximum absolute atomic E-state index is 5.39. The first kappa shape index (κ1) is 20.4. The van der Waals surface area contributed by atoms with Gasteiger partial charge in [-0.1, -0.05) is 12.1 Å². The number of guanidine groups is 1. The number of nitrogens with one attached hydrogen (secondary N) is 2. The second-order valence-electron chi connectivity index (χ2n) is 7.19. The number of hydrogen-bond acceptors (Lipinski definition) is 4. The van der Waals surface area contributed by atoms with Crippen molar-refractivity contribution in [1.82, 2.24) is 15.5 Å². The molecule has 2 saturated heterocycles. The monoisotopic (exact) mass is 437 g/mol. The van der Waals surface area contributed by atoms with E-state index in [1.165, 1.54) is 18.7 Å². The van der Waals surface area contributed by atoms with Crippen LogP contribution in [0.25, 0.3) is 0 Å². The van der Waals surface area contributed by atoms with E-state index in [2.05, 4.69) is 65.6 Å². The number of rotatable bonds is 7. The van der Waals surface area contributed by atoms with Crippen molar-refractivity contribution in [3.05, 3.63) is 28.7 Å². The summed E-state index contributed by atoms with van der Waals surface area (Å²) in [6, 6.07) is 8.86. The molecule has 6 nitrogen and oxygen atoms in total. The molecule has 2 aliphatic rings. The van der Waals surface area contributed by atoms with Gasteiger partial charge in [0, 0.05) is 50.3 Å². The Labute approximate surface area is 171 Å². The van der Waals surface area contributed by atoms with Gasteiger partial charge < -0.3 is 20.3 Å². The Hall–Kier alpha value is -1.31. The molecule has 7 heteroatoms. The maximum atomic E-state index is 5.39. The summed E-state index contributed by atoms with van der Waals surface area (Å²) in [6.45, 7) is 8.11. The summed E-state index contributed by atoms with van der Waals surface area (Å²) >= 11 is 3.66. The van der Waals surface area contributed by atoms with Crippen LogP contribution in [0.5, 0.6) is 0 Å². The fourth-order valence-corrected chi connectivity index (χ4v) is 4.22. The highest BCUT2D eigenvalue weighted by Crippen LogP contribution is 2.28. The summed E-state index contributed by atoms with van der Waals surface area (Å²) in [7, 11) is 1.85. The Balaban J connectivity index is 1.34. The van der Waals surface area contributed by atoms with Gasteiger partial charge in [0.15, 0.2) is 5.96 Å². The quantitative estimate of drug-likeness (QED) is 0.389. The van der Waals surface area contributed by atoms with E-state index >= 15 is 0 Å². The highest BCUT2D eigenvalue weighted by molar-refractivity contribution is 9.10. The summed E-state index contributed by atoms with van der Waals surface area (Å²) in [5.41, 5.74) is 1.27. The molecule has 0 radical (unpaired) electrons. The topological polar surface area (TPSA) is 52.1 Å². The first-order valence-corrected chi connectivity index (χ1v) is 10.8. The van der Waals surface area contributed by atoms with Gasteiger partial charge in [-0.25, -0.2) is 0 Å². The van der Waals surface area contributed by atoms with Crippen molar-refractivity contribution in [1.29, 1.82) is 0 Å². The molecule has 1 atom stereocenters. The average Bonchev–Trinajstić information content (AvgIpc) is 3.16. The fourth-order valence-electron chi connectivity index (χ4n) is 3.69. The Morgan fingerprint density at radius 3 is 2.81 bits per heavy atom. The van der Waals surface area contributed by atoms with Gasteiger partial charge in [0.25, 0.3) is 0 Å². The van der Waals surface area contributed by atoms with Crippen molar-refractivity contribution in [3.8, 4) is 0 Å². The number of nitrogens with zero attached hydrogens (tertiary/aromatic N) is 3. The number of benzene rings is 1. The van der Waals surface area contributed by atoms with Gasteiger partial charge in [0.1, 0.15) is 0 Å². The molecule has 3 rings (SSSR count). The summed E-state index contributed by atoms with van der Waals surface area (Å²) in [6.07, 6.45) is 3.49. The van der Waals surface area contributed by atoms with Crippen LogP contribution in [0, 0.1) is 0 Å². The lowest BCUT2D eigenvalue weighted by Crippen LogP contribution is -2.45. The molecule has 1 aromatic rings. The molecule has 0 aromatic heterocycles. The second-order valence-corrected chi connectivity index (χ2v) is 8.04. The largest absolute Gasteiger partial charge is 0.379 e. The number of anilines is 1. The number of hydrogen-bond donors (Lipinski definition) is 2. The summed E-state index contributed by atoms with van der Waals surface area (Å²) in [4.78, 5) is 9.31. The number of halogens is 1. The van der Waals surface area contributed by atoms with Crippen LogP contribution in [0.15, 0.2) is 33.7 Å². The van der Waals surface area contributed by atoms with Crippen LogP contribution >= 0.6 is 15.9 Å². The smallest absolute Gasteiger partial charge is 0.191 e. The number of para-hydroxylation sites is 1. The van der Waals surface area contributed by atoms with Gasteiger partial charge in [0.2, 0.25) is 0 Å². The van der Waals surface area contributed by atoms with Crippen LogP contribution in [0.2, 0.25) is 0 Å². The lowest BCUT2D eigenvalue weighted by atomic mass is 10.2. The number of morpholine rings is 1. The number of unbranched alkanes of at least 4 members (excludes halogenated alkanes) is 1. The standard InChI is InChI=1S/C20H32BrN5O/c1-22-20(23-9-4-5-10-25-12-14-27-15-13-25)24-17-8-11-26(16-17)19-7-3-2-6-18(19)21/h2-3,6-7,17H,4-5,8-16H2,1H3,(H2,22,23,24). The Kier molecular flexibility index (Phi) is 8.23. The first-order valence-electron chi connectivity index (χ1n) is 10.0. The third-order valence-electron chi connectivity index (χ3n) is 5.24. The summed E-state index contributed by atoms with van der Waals surface area (Å²) in [5, 5.41) is 7.05. The van der Waals surface area contributed by atoms with E-state index < -0.39 is 0 Å². The van der Waals surface area contributed by atoms with Gasteiger partial charge in [-0.15, -0.1) is 0 Å².